The molecule has 1 atom stereocenters. The summed E-state index contributed by atoms with van der Waals surface area (Å²) in [4.78, 5) is 7.08. The van der Waals surface area contributed by atoms with Crippen LogP contribution in [-0.4, -0.2) is 63.3 Å². The lowest BCUT2D eigenvalue weighted by Gasteiger charge is -2.18. The number of rotatable bonds is 8. The van der Waals surface area contributed by atoms with Gasteiger partial charge in [-0.25, -0.2) is 0 Å². The van der Waals surface area contributed by atoms with Crippen LogP contribution in [-0.2, 0) is 4.74 Å². The third-order valence-corrected chi connectivity index (χ3v) is 3.44. The van der Waals surface area contributed by atoms with Crippen LogP contribution in [0, 0.1) is 0 Å². The van der Waals surface area contributed by atoms with Crippen LogP contribution in [0.2, 0.25) is 0 Å². The van der Waals surface area contributed by atoms with Crippen molar-refractivity contribution in [3.8, 4) is 0 Å². The van der Waals surface area contributed by atoms with Gasteiger partial charge in [-0.3, -0.25) is 4.99 Å². The van der Waals surface area contributed by atoms with Crippen molar-refractivity contribution in [2.45, 2.75) is 39.2 Å². The topological polar surface area (TPSA) is 48.9 Å². The first-order valence-electron chi connectivity index (χ1n) is 7.58. The molecule has 1 rings (SSSR count). The average Bonchev–Trinajstić information content (AvgIpc) is 2.81. The van der Waals surface area contributed by atoms with Crippen LogP contribution in [0.1, 0.15) is 33.1 Å². The van der Waals surface area contributed by atoms with E-state index < -0.39 is 0 Å². The van der Waals surface area contributed by atoms with E-state index in [0.717, 1.165) is 45.2 Å². The van der Waals surface area contributed by atoms with Gasteiger partial charge in [0.2, 0.25) is 0 Å². The van der Waals surface area contributed by atoms with Gasteiger partial charge in [-0.1, -0.05) is 0 Å². The molecule has 120 valence electrons. The molecule has 1 aliphatic rings. The molecule has 1 saturated heterocycles. The predicted molar refractivity (Wildman–Crippen MR) is 96.2 cm³/mol. The molecule has 2 N–H and O–H groups in total. The lowest BCUT2D eigenvalue weighted by atomic mass is 10.2. The minimum Gasteiger partial charge on any atom is -0.382 e. The normalized spacial score (nSPS) is 19.8. The maximum absolute atomic E-state index is 5.32. The third kappa shape index (κ3) is 8.26. The number of likely N-dealkylation sites (N-methyl/N-ethyl adjacent to an activating group) is 1. The SMILES string of the molecule is CCNC(=NCC1CCCN1C)NCCCOCC.I. The molecule has 0 bridgehead atoms. The number of hydrogen-bond donors (Lipinski definition) is 2. The van der Waals surface area contributed by atoms with E-state index in [1.807, 2.05) is 6.92 Å². The van der Waals surface area contributed by atoms with E-state index >= 15 is 0 Å². The largest absolute Gasteiger partial charge is 0.382 e. The highest BCUT2D eigenvalue weighted by molar-refractivity contribution is 14.0. The van der Waals surface area contributed by atoms with E-state index in [0.29, 0.717) is 6.04 Å². The van der Waals surface area contributed by atoms with Crippen LogP contribution in [0.25, 0.3) is 0 Å². The number of ether oxygens (including phenoxy) is 1. The van der Waals surface area contributed by atoms with E-state index in [2.05, 4.69) is 34.5 Å². The van der Waals surface area contributed by atoms with Crippen LogP contribution < -0.4 is 10.6 Å². The zero-order valence-electron chi connectivity index (χ0n) is 13.2. The molecule has 5 nitrogen and oxygen atoms in total. The zero-order chi connectivity index (χ0) is 13.9. The van der Waals surface area contributed by atoms with Gasteiger partial charge >= 0.3 is 0 Å². The molecule has 0 aliphatic carbocycles. The van der Waals surface area contributed by atoms with Crippen LogP contribution in [0.15, 0.2) is 4.99 Å². The Balaban J connectivity index is 0.00000361. The number of likely N-dealkylation sites (tertiary alicyclic amines) is 1. The van der Waals surface area contributed by atoms with Gasteiger partial charge in [0, 0.05) is 32.3 Å². The second kappa shape index (κ2) is 12.6. The summed E-state index contributed by atoms with van der Waals surface area (Å²) in [7, 11) is 2.19. The molecule has 0 radical (unpaired) electrons. The highest BCUT2D eigenvalue weighted by Gasteiger charge is 2.20. The predicted octanol–water partition coefficient (Wildman–Crippen LogP) is 1.68. The van der Waals surface area contributed by atoms with E-state index in [9.17, 15) is 0 Å². The van der Waals surface area contributed by atoms with Gasteiger partial charge in [-0.05, 0) is 46.7 Å². The molecular weight excluding hydrogens is 367 g/mol. The number of nitrogens with one attached hydrogen (secondary N) is 2. The first kappa shape index (κ1) is 19.9. The molecule has 6 heteroatoms. The van der Waals surface area contributed by atoms with E-state index in [1.54, 1.807) is 0 Å². The fourth-order valence-electron chi connectivity index (χ4n) is 2.27. The molecule has 0 saturated carbocycles. The molecule has 1 aliphatic heterocycles. The second-order valence-electron chi connectivity index (χ2n) is 4.97. The Hall–Kier alpha value is -0.0800. The van der Waals surface area contributed by atoms with Gasteiger partial charge in [0.25, 0.3) is 0 Å². The smallest absolute Gasteiger partial charge is 0.191 e. The molecule has 1 heterocycles. The van der Waals surface area contributed by atoms with Gasteiger partial charge < -0.3 is 20.3 Å². The molecule has 0 amide bonds. The zero-order valence-corrected chi connectivity index (χ0v) is 15.5. The fraction of sp³-hybridized carbons (Fsp3) is 0.929. The van der Waals surface area contributed by atoms with Gasteiger partial charge in [-0.15, -0.1) is 24.0 Å². The van der Waals surface area contributed by atoms with Gasteiger partial charge in [-0.2, -0.15) is 0 Å². The number of halogens is 1. The van der Waals surface area contributed by atoms with Gasteiger partial charge in [0.05, 0.1) is 6.54 Å². The monoisotopic (exact) mass is 398 g/mol. The molecule has 0 spiro atoms. The highest BCUT2D eigenvalue weighted by Crippen LogP contribution is 2.14. The summed E-state index contributed by atoms with van der Waals surface area (Å²) in [5.41, 5.74) is 0. The van der Waals surface area contributed by atoms with Crippen molar-refractivity contribution < 1.29 is 4.74 Å². The molecule has 0 aromatic heterocycles. The minimum absolute atomic E-state index is 0. The van der Waals surface area contributed by atoms with Crippen LogP contribution in [0.3, 0.4) is 0 Å². The van der Waals surface area contributed by atoms with Crippen molar-refractivity contribution >= 4 is 29.9 Å². The van der Waals surface area contributed by atoms with Crippen molar-refractivity contribution in [1.29, 1.82) is 0 Å². The standard InChI is InChI=1S/C14H30N4O.HI/c1-4-15-14(16-9-7-11-19-5-2)17-12-13-8-6-10-18(13)3;/h13H,4-12H2,1-3H3,(H2,15,16,17);1H. The van der Waals surface area contributed by atoms with Crippen LogP contribution in [0.4, 0.5) is 0 Å². The van der Waals surface area contributed by atoms with E-state index in [-0.39, 0.29) is 24.0 Å². The summed E-state index contributed by atoms with van der Waals surface area (Å²) in [6.07, 6.45) is 3.58. The summed E-state index contributed by atoms with van der Waals surface area (Å²) in [5.74, 6) is 0.930. The number of aliphatic imine (C=N–C) groups is 1. The van der Waals surface area contributed by atoms with Crippen LogP contribution >= 0.6 is 24.0 Å². The lowest BCUT2D eigenvalue weighted by Crippen LogP contribution is -2.39. The summed E-state index contributed by atoms with van der Waals surface area (Å²) in [6, 6.07) is 0.610. The van der Waals surface area contributed by atoms with Crippen molar-refractivity contribution in [2.24, 2.45) is 4.99 Å². The Kier molecular flexibility index (Phi) is 12.6. The van der Waals surface area contributed by atoms with Gasteiger partial charge in [0.15, 0.2) is 5.96 Å². The summed E-state index contributed by atoms with van der Waals surface area (Å²) in [5, 5.41) is 6.65. The molecule has 0 aromatic carbocycles. The van der Waals surface area contributed by atoms with Gasteiger partial charge in [0.1, 0.15) is 0 Å². The first-order chi connectivity index (χ1) is 9.27. The molecule has 20 heavy (non-hydrogen) atoms. The number of nitrogens with zero attached hydrogens (tertiary/aromatic N) is 2. The number of guanidine groups is 1. The molecular formula is C14H31IN4O. The Morgan fingerprint density at radius 3 is 2.75 bits per heavy atom. The molecule has 1 fully saturated rings. The van der Waals surface area contributed by atoms with Crippen molar-refractivity contribution in [1.82, 2.24) is 15.5 Å². The Morgan fingerprint density at radius 1 is 1.35 bits per heavy atom. The second-order valence-corrected chi connectivity index (χ2v) is 4.97. The summed E-state index contributed by atoms with van der Waals surface area (Å²) >= 11 is 0. The van der Waals surface area contributed by atoms with Crippen molar-refractivity contribution in [2.75, 3.05) is 46.4 Å². The Bertz CT molecular complexity index is 264. The summed E-state index contributed by atoms with van der Waals surface area (Å²) < 4.78 is 5.32. The summed E-state index contributed by atoms with van der Waals surface area (Å²) in [6.45, 7) is 9.63. The van der Waals surface area contributed by atoms with E-state index in [4.69, 9.17) is 4.74 Å². The maximum atomic E-state index is 5.32. The fourth-order valence-corrected chi connectivity index (χ4v) is 2.27. The van der Waals surface area contributed by atoms with Crippen molar-refractivity contribution in [3.63, 3.8) is 0 Å². The Morgan fingerprint density at radius 2 is 2.15 bits per heavy atom. The highest BCUT2D eigenvalue weighted by atomic mass is 127. The lowest BCUT2D eigenvalue weighted by molar-refractivity contribution is 0.145. The van der Waals surface area contributed by atoms with Crippen molar-refractivity contribution in [3.05, 3.63) is 0 Å². The Labute approximate surface area is 140 Å². The first-order valence-corrected chi connectivity index (χ1v) is 7.58. The van der Waals surface area contributed by atoms with E-state index in [1.165, 1.54) is 19.4 Å². The number of hydrogen-bond acceptors (Lipinski definition) is 3. The quantitative estimate of drug-likeness (QED) is 0.283. The molecule has 0 aromatic rings. The average molecular weight is 398 g/mol. The minimum atomic E-state index is 0. The third-order valence-electron chi connectivity index (χ3n) is 3.44. The molecule has 1 unspecified atom stereocenters. The maximum Gasteiger partial charge on any atom is 0.191 e. The van der Waals surface area contributed by atoms with Crippen LogP contribution in [0.5, 0.6) is 0 Å².